The van der Waals surface area contributed by atoms with Crippen LogP contribution < -0.4 is 10.1 Å². The van der Waals surface area contributed by atoms with E-state index in [9.17, 15) is 0 Å². The minimum Gasteiger partial charge on any atom is -0.494 e. The maximum Gasteiger partial charge on any atom is 0.121 e. The zero-order valence-corrected chi connectivity index (χ0v) is 13.0. The monoisotopic (exact) mass is 275 g/mol. The molecule has 0 heterocycles. The minimum atomic E-state index is 0.633. The van der Waals surface area contributed by atoms with Crippen molar-refractivity contribution in [3.63, 3.8) is 0 Å². The molecule has 0 amide bonds. The van der Waals surface area contributed by atoms with E-state index < -0.39 is 0 Å². The zero-order chi connectivity index (χ0) is 14.2. The molecule has 2 nitrogen and oxygen atoms in total. The van der Waals surface area contributed by atoms with Crippen LogP contribution in [-0.4, -0.2) is 12.6 Å². The third-order valence-corrected chi connectivity index (χ3v) is 4.30. The van der Waals surface area contributed by atoms with Crippen LogP contribution in [0.15, 0.2) is 24.3 Å². The van der Waals surface area contributed by atoms with E-state index in [1.54, 1.807) is 0 Å². The standard InChI is InChI=1S/C18H29NO/c1-3-7-15-8-5-9-16(13-12-15)19-17-10-6-11-18(14-17)20-4-2/h6,10-11,14-16,19H,3-5,7-9,12-13H2,1-2H3. The van der Waals surface area contributed by atoms with Crippen LogP contribution in [0.4, 0.5) is 5.69 Å². The summed E-state index contributed by atoms with van der Waals surface area (Å²) in [7, 11) is 0. The summed E-state index contributed by atoms with van der Waals surface area (Å²) in [5.74, 6) is 1.93. The fourth-order valence-corrected chi connectivity index (χ4v) is 3.30. The summed E-state index contributed by atoms with van der Waals surface area (Å²) >= 11 is 0. The molecule has 0 saturated heterocycles. The van der Waals surface area contributed by atoms with Crippen molar-refractivity contribution in [2.45, 2.75) is 64.8 Å². The van der Waals surface area contributed by atoms with Crippen molar-refractivity contribution in [2.75, 3.05) is 11.9 Å². The lowest BCUT2D eigenvalue weighted by atomic mass is 9.95. The van der Waals surface area contributed by atoms with E-state index in [0.29, 0.717) is 6.04 Å². The van der Waals surface area contributed by atoms with E-state index in [1.165, 1.54) is 50.6 Å². The fourth-order valence-electron chi connectivity index (χ4n) is 3.30. The van der Waals surface area contributed by atoms with Crippen molar-refractivity contribution in [3.8, 4) is 5.75 Å². The normalized spacial score (nSPS) is 23.1. The molecule has 2 atom stereocenters. The lowest BCUT2D eigenvalue weighted by Crippen LogP contribution is -2.18. The number of ether oxygens (including phenoxy) is 1. The Hall–Kier alpha value is -1.18. The van der Waals surface area contributed by atoms with Gasteiger partial charge in [0.1, 0.15) is 5.75 Å². The van der Waals surface area contributed by atoms with E-state index in [-0.39, 0.29) is 0 Å². The third-order valence-electron chi connectivity index (χ3n) is 4.30. The number of benzene rings is 1. The molecule has 1 aliphatic rings. The Morgan fingerprint density at radius 1 is 1.15 bits per heavy atom. The highest BCUT2D eigenvalue weighted by atomic mass is 16.5. The lowest BCUT2D eigenvalue weighted by Gasteiger charge is -2.18. The van der Waals surface area contributed by atoms with Crippen molar-refractivity contribution in [3.05, 3.63) is 24.3 Å². The van der Waals surface area contributed by atoms with Crippen molar-refractivity contribution >= 4 is 5.69 Å². The second-order valence-corrected chi connectivity index (χ2v) is 5.97. The number of hydrogen-bond acceptors (Lipinski definition) is 2. The highest BCUT2D eigenvalue weighted by Gasteiger charge is 2.18. The first-order chi connectivity index (χ1) is 9.81. The second kappa shape index (κ2) is 8.18. The molecule has 1 aromatic carbocycles. The van der Waals surface area contributed by atoms with E-state index in [4.69, 9.17) is 4.74 Å². The van der Waals surface area contributed by atoms with Gasteiger partial charge < -0.3 is 10.1 Å². The SMILES string of the molecule is CCCC1CCCC(Nc2cccc(OCC)c2)CC1. The predicted octanol–water partition coefficient (Wildman–Crippen LogP) is 5.25. The minimum absolute atomic E-state index is 0.633. The molecule has 20 heavy (non-hydrogen) atoms. The molecular weight excluding hydrogens is 246 g/mol. The smallest absolute Gasteiger partial charge is 0.121 e. The summed E-state index contributed by atoms with van der Waals surface area (Å²) in [6, 6.07) is 9.01. The quantitative estimate of drug-likeness (QED) is 0.716. The first-order valence-corrected chi connectivity index (χ1v) is 8.31. The van der Waals surface area contributed by atoms with Gasteiger partial charge in [0, 0.05) is 17.8 Å². The molecule has 2 unspecified atom stereocenters. The molecule has 1 N–H and O–H groups in total. The highest BCUT2D eigenvalue weighted by molar-refractivity contribution is 5.48. The Kier molecular flexibility index (Phi) is 6.23. The van der Waals surface area contributed by atoms with Crippen LogP contribution in [0.1, 0.15) is 58.8 Å². The van der Waals surface area contributed by atoms with Gasteiger partial charge in [0.15, 0.2) is 0 Å². The lowest BCUT2D eigenvalue weighted by molar-refractivity contribution is 0.340. The molecular formula is C18H29NO. The molecule has 112 valence electrons. The molecule has 1 aromatic rings. The molecule has 0 aliphatic heterocycles. The molecule has 0 radical (unpaired) electrons. The van der Waals surface area contributed by atoms with Gasteiger partial charge in [-0.15, -0.1) is 0 Å². The summed E-state index contributed by atoms with van der Waals surface area (Å²) in [6.07, 6.45) is 9.53. The van der Waals surface area contributed by atoms with Crippen molar-refractivity contribution in [1.82, 2.24) is 0 Å². The number of nitrogens with one attached hydrogen (secondary N) is 1. The summed E-state index contributed by atoms with van der Waals surface area (Å²) in [5, 5.41) is 3.70. The molecule has 2 heteroatoms. The average Bonchev–Trinajstić information content (AvgIpc) is 2.66. The second-order valence-electron chi connectivity index (χ2n) is 5.97. The maximum absolute atomic E-state index is 5.57. The predicted molar refractivity (Wildman–Crippen MR) is 86.5 cm³/mol. The molecule has 1 fully saturated rings. The van der Waals surface area contributed by atoms with Crippen LogP contribution in [-0.2, 0) is 0 Å². The van der Waals surface area contributed by atoms with Gasteiger partial charge in [-0.3, -0.25) is 0 Å². The van der Waals surface area contributed by atoms with Crippen molar-refractivity contribution < 1.29 is 4.74 Å². The van der Waals surface area contributed by atoms with Gasteiger partial charge in [-0.25, -0.2) is 0 Å². The summed E-state index contributed by atoms with van der Waals surface area (Å²) in [4.78, 5) is 0. The summed E-state index contributed by atoms with van der Waals surface area (Å²) in [5.41, 5.74) is 1.20. The highest BCUT2D eigenvalue weighted by Crippen LogP contribution is 2.29. The number of hydrogen-bond donors (Lipinski definition) is 1. The first-order valence-electron chi connectivity index (χ1n) is 8.31. The van der Waals surface area contributed by atoms with Crippen LogP contribution in [0.25, 0.3) is 0 Å². The van der Waals surface area contributed by atoms with E-state index in [0.717, 1.165) is 18.3 Å². The molecule has 2 rings (SSSR count). The van der Waals surface area contributed by atoms with Crippen LogP contribution in [0.2, 0.25) is 0 Å². The van der Waals surface area contributed by atoms with Gasteiger partial charge in [0.2, 0.25) is 0 Å². The van der Waals surface area contributed by atoms with Crippen molar-refractivity contribution in [2.24, 2.45) is 5.92 Å². The van der Waals surface area contributed by atoms with Gasteiger partial charge in [-0.2, -0.15) is 0 Å². The van der Waals surface area contributed by atoms with Crippen LogP contribution in [0.3, 0.4) is 0 Å². The topological polar surface area (TPSA) is 21.3 Å². The molecule has 1 aliphatic carbocycles. The molecule has 0 bridgehead atoms. The Balaban J connectivity index is 1.88. The van der Waals surface area contributed by atoms with Gasteiger partial charge >= 0.3 is 0 Å². The van der Waals surface area contributed by atoms with Gasteiger partial charge in [-0.1, -0.05) is 38.7 Å². The van der Waals surface area contributed by atoms with Crippen LogP contribution in [0, 0.1) is 5.92 Å². The third kappa shape index (κ3) is 4.73. The summed E-state index contributed by atoms with van der Waals surface area (Å²) < 4.78 is 5.57. The van der Waals surface area contributed by atoms with Gasteiger partial charge in [-0.05, 0) is 44.2 Å². The Bertz CT molecular complexity index is 391. The number of rotatable bonds is 6. The zero-order valence-electron chi connectivity index (χ0n) is 13.0. The van der Waals surface area contributed by atoms with E-state index in [2.05, 4.69) is 30.4 Å². The largest absolute Gasteiger partial charge is 0.494 e. The first kappa shape index (κ1) is 15.2. The Morgan fingerprint density at radius 3 is 2.85 bits per heavy atom. The molecule has 0 spiro atoms. The van der Waals surface area contributed by atoms with Crippen molar-refractivity contribution in [1.29, 1.82) is 0 Å². The van der Waals surface area contributed by atoms with Crippen LogP contribution >= 0.6 is 0 Å². The number of anilines is 1. The Labute approximate surface area is 123 Å². The van der Waals surface area contributed by atoms with Gasteiger partial charge in [0.25, 0.3) is 0 Å². The Morgan fingerprint density at radius 2 is 2.05 bits per heavy atom. The molecule has 0 aromatic heterocycles. The van der Waals surface area contributed by atoms with Crippen LogP contribution in [0.5, 0.6) is 5.75 Å². The molecule has 1 saturated carbocycles. The van der Waals surface area contributed by atoms with E-state index in [1.807, 2.05) is 13.0 Å². The fraction of sp³-hybridized carbons (Fsp3) is 0.667. The summed E-state index contributed by atoms with van der Waals surface area (Å²) in [6.45, 7) is 5.06. The average molecular weight is 275 g/mol. The maximum atomic E-state index is 5.57. The van der Waals surface area contributed by atoms with Gasteiger partial charge in [0.05, 0.1) is 6.61 Å². The van der Waals surface area contributed by atoms with E-state index >= 15 is 0 Å².